The number of hydrogen-bond acceptors (Lipinski definition) is 6. The number of rotatable bonds is 6. The highest BCUT2D eigenvalue weighted by atomic mass is 32.2. The molecule has 1 aromatic heterocycles. The molecule has 0 fully saturated rings. The molecular formula is C19H16N2O5S2. The fourth-order valence-corrected chi connectivity index (χ4v) is 4.60. The number of nitrogens with one attached hydrogen (secondary N) is 2. The van der Waals surface area contributed by atoms with Gasteiger partial charge in [0.2, 0.25) is 0 Å². The minimum absolute atomic E-state index is 0.0737. The summed E-state index contributed by atoms with van der Waals surface area (Å²) < 4.78 is 32.4. The number of hydrogen-bond donors (Lipinski definition) is 2. The molecule has 0 saturated heterocycles. The lowest BCUT2D eigenvalue weighted by atomic mass is 10.2. The fourth-order valence-electron chi connectivity index (χ4n) is 2.36. The Bertz CT molecular complexity index is 1110. The van der Waals surface area contributed by atoms with Gasteiger partial charge in [0.1, 0.15) is 0 Å². The molecule has 0 atom stereocenters. The van der Waals surface area contributed by atoms with Gasteiger partial charge in [-0.1, -0.05) is 30.3 Å². The van der Waals surface area contributed by atoms with Crippen LogP contribution in [-0.2, 0) is 14.8 Å². The van der Waals surface area contributed by atoms with Gasteiger partial charge in [0, 0.05) is 11.1 Å². The van der Waals surface area contributed by atoms with E-state index in [1.165, 1.54) is 30.7 Å². The number of methoxy groups -OCH3 is 1. The molecule has 0 bridgehead atoms. The van der Waals surface area contributed by atoms with E-state index in [4.69, 9.17) is 0 Å². The standard InChI is InChI=1S/C19H16N2O5S2/c1-26-19(23)15-9-5-6-10-16(15)21-28(24,25)14-11-17(27-12-14)18(22)20-13-7-3-2-4-8-13/h2-12,21H,1H3,(H,20,22). The molecule has 0 aliphatic rings. The summed E-state index contributed by atoms with van der Waals surface area (Å²) in [5.74, 6) is -1.07. The molecular weight excluding hydrogens is 400 g/mol. The topological polar surface area (TPSA) is 102 Å². The van der Waals surface area contributed by atoms with Gasteiger partial charge in [0.15, 0.2) is 0 Å². The van der Waals surface area contributed by atoms with Crippen LogP contribution in [0.1, 0.15) is 20.0 Å². The molecule has 3 rings (SSSR count). The maximum atomic E-state index is 12.7. The number of esters is 1. The van der Waals surface area contributed by atoms with Crippen LogP contribution in [0.5, 0.6) is 0 Å². The first-order valence-electron chi connectivity index (χ1n) is 8.06. The molecule has 0 radical (unpaired) electrons. The summed E-state index contributed by atoms with van der Waals surface area (Å²) in [6, 6.07) is 16.2. The third kappa shape index (κ3) is 4.38. The largest absolute Gasteiger partial charge is 0.465 e. The first kappa shape index (κ1) is 19.6. The van der Waals surface area contributed by atoms with Gasteiger partial charge >= 0.3 is 5.97 Å². The van der Waals surface area contributed by atoms with E-state index in [1.807, 2.05) is 6.07 Å². The van der Waals surface area contributed by atoms with E-state index in [0.717, 1.165) is 11.3 Å². The normalized spacial score (nSPS) is 10.9. The van der Waals surface area contributed by atoms with Crippen LogP contribution in [0, 0.1) is 0 Å². The quantitative estimate of drug-likeness (QED) is 0.598. The summed E-state index contributed by atoms with van der Waals surface area (Å²) in [7, 11) is -2.78. The van der Waals surface area contributed by atoms with Crippen molar-refractivity contribution in [1.29, 1.82) is 0 Å². The highest BCUT2D eigenvalue weighted by molar-refractivity contribution is 7.92. The van der Waals surface area contributed by atoms with Crippen molar-refractivity contribution >= 4 is 44.6 Å². The molecule has 0 spiro atoms. The van der Waals surface area contributed by atoms with Gasteiger partial charge in [-0.05, 0) is 30.3 Å². The van der Waals surface area contributed by atoms with E-state index in [-0.39, 0.29) is 21.0 Å². The van der Waals surface area contributed by atoms with Crippen LogP contribution >= 0.6 is 11.3 Å². The van der Waals surface area contributed by atoms with Crippen LogP contribution in [-0.4, -0.2) is 27.4 Å². The van der Waals surface area contributed by atoms with E-state index in [0.29, 0.717) is 5.69 Å². The van der Waals surface area contributed by atoms with Crippen molar-refractivity contribution in [1.82, 2.24) is 0 Å². The number of thiophene rings is 1. The van der Waals surface area contributed by atoms with Gasteiger partial charge in [-0.3, -0.25) is 9.52 Å². The lowest BCUT2D eigenvalue weighted by Crippen LogP contribution is -2.16. The van der Waals surface area contributed by atoms with Crippen LogP contribution < -0.4 is 10.0 Å². The third-order valence-corrected chi connectivity index (χ3v) is 6.14. The first-order chi connectivity index (χ1) is 13.4. The fraction of sp³-hybridized carbons (Fsp3) is 0.0526. The molecule has 0 saturated carbocycles. The van der Waals surface area contributed by atoms with E-state index in [1.54, 1.807) is 36.4 Å². The van der Waals surface area contributed by atoms with Crippen molar-refractivity contribution in [3.8, 4) is 0 Å². The van der Waals surface area contributed by atoms with Crippen LogP contribution in [0.25, 0.3) is 0 Å². The minimum atomic E-state index is -3.99. The summed E-state index contributed by atoms with van der Waals surface area (Å²) in [6.45, 7) is 0. The highest BCUT2D eigenvalue weighted by Gasteiger charge is 2.21. The van der Waals surface area contributed by atoms with E-state index < -0.39 is 21.9 Å². The predicted octanol–water partition coefficient (Wildman–Crippen LogP) is 3.59. The van der Waals surface area contributed by atoms with Crippen molar-refractivity contribution in [2.75, 3.05) is 17.1 Å². The van der Waals surface area contributed by atoms with Crippen molar-refractivity contribution in [3.63, 3.8) is 0 Å². The van der Waals surface area contributed by atoms with Gasteiger partial charge in [0.05, 0.1) is 28.1 Å². The number of anilines is 2. The van der Waals surface area contributed by atoms with Crippen molar-refractivity contribution < 1.29 is 22.7 Å². The number of sulfonamides is 1. The summed E-state index contributed by atoms with van der Waals surface area (Å²) in [4.78, 5) is 24.3. The summed E-state index contributed by atoms with van der Waals surface area (Å²) >= 11 is 1.01. The number of ether oxygens (including phenoxy) is 1. The van der Waals surface area contributed by atoms with Gasteiger partial charge in [0.25, 0.3) is 15.9 Å². The predicted molar refractivity (Wildman–Crippen MR) is 107 cm³/mol. The summed E-state index contributed by atoms with van der Waals surface area (Å²) in [6.07, 6.45) is 0. The van der Waals surface area contributed by atoms with Gasteiger partial charge in [-0.15, -0.1) is 11.3 Å². The second kappa shape index (κ2) is 8.24. The monoisotopic (exact) mass is 416 g/mol. The van der Waals surface area contributed by atoms with Gasteiger partial charge < -0.3 is 10.1 Å². The smallest absolute Gasteiger partial charge is 0.339 e. The number of amides is 1. The van der Waals surface area contributed by atoms with Gasteiger partial charge in [-0.2, -0.15) is 0 Å². The lowest BCUT2D eigenvalue weighted by molar-refractivity contribution is 0.0602. The maximum Gasteiger partial charge on any atom is 0.339 e. The van der Waals surface area contributed by atoms with E-state index in [2.05, 4.69) is 14.8 Å². The Kier molecular flexibility index (Phi) is 5.76. The second-order valence-electron chi connectivity index (χ2n) is 5.61. The zero-order chi connectivity index (χ0) is 20.1. The first-order valence-corrected chi connectivity index (χ1v) is 10.4. The Morgan fingerprint density at radius 2 is 1.68 bits per heavy atom. The van der Waals surface area contributed by atoms with Crippen LogP contribution in [0.2, 0.25) is 0 Å². The Morgan fingerprint density at radius 3 is 2.39 bits per heavy atom. The van der Waals surface area contributed by atoms with E-state index >= 15 is 0 Å². The summed E-state index contributed by atoms with van der Waals surface area (Å²) in [5, 5.41) is 4.06. The van der Waals surface area contributed by atoms with Crippen molar-refractivity contribution in [3.05, 3.63) is 76.5 Å². The zero-order valence-corrected chi connectivity index (χ0v) is 16.3. The molecule has 7 nitrogen and oxygen atoms in total. The Morgan fingerprint density at radius 1 is 1.00 bits per heavy atom. The molecule has 0 aliphatic heterocycles. The number of benzene rings is 2. The lowest BCUT2D eigenvalue weighted by Gasteiger charge is -2.10. The van der Waals surface area contributed by atoms with Crippen molar-refractivity contribution in [2.24, 2.45) is 0 Å². The Balaban J connectivity index is 1.81. The molecule has 144 valence electrons. The molecule has 1 heterocycles. The average molecular weight is 416 g/mol. The van der Waals surface area contributed by atoms with Gasteiger partial charge in [-0.25, -0.2) is 13.2 Å². The second-order valence-corrected chi connectivity index (χ2v) is 8.20. The Hall–Kier alpha value is -3.17. The molecule has 0 unspecified atom stereocenters. The SMILES string of the molecule is COC(=O)c1ccccc1NS(=O)(=O)c1csc(C(=O)Nc2ccccc2)c1. The molecule has 2 aromatic carbocycles. The third-order valence-electron chi connectivity index (χ3n) is 3.72. The Labute approximate surface area is 166 Å². The summed E-state index contributed by atoms with van der Waals surface area (Å²) in [5.41, 5.74) is 0.789. The molecule has 0 aliphatic carbocycles. The highest BCUT2D eigenvalue weighted by Crippen LogP contribution is 2.25. The average Bonchev–Trinajstić information content (AvgIpc) is 3.20. The molecule has 28 heavy (non-hydrogen) atoms. The molecule has 1 amide bonds. The molecule has 2 N–H and O–H groups in total. The minimum Gasteiger partial charge on any atom is -0.465 e. The van der Waals surface area contributed by atoms with E-state index in [9.17, 15) is 18.0 Å². The van der Waals surface area contributed by atoms with Crippen LogP contribution in [0.15, 0.2) is 70.9 Å². The zero-order valence-electron chi connectivity index (χ0n) is 14.7. The molecule has 3 aromatic rings. The maximum absolute atomic E-state index is 12.7. The number of carbonyl (C=O) groups excluding carboxylic acids is 2. The molecule has 9 heteroatoms. The van der Waals surface area contributed by atoms with Crippen LogP contribution in [0.3, 0.4) is 0 Å². The number of carbonyl (C=O) groups is 2. The number of para-hydroxylation sites is 2. The van der Waals surface area contributed by atoms with Crippen molar-refractivity contribution in [2.45, 2.75) is 4.90 Å². The van der Waals surface area contributed by atoms with Crippen LogP contribution in [0.4, 0.5) is 11.4 Å².